The molecule has 0 radical (unpaired) electrons. The molecule has 0 saturated carbocycles. The highest BCUT2D eigenvalue weighted by molar-refractivity contribution is 7.92. The number of nitrogens with one attached hydrogen (secondary N) is 1. The number of rotatable bonds is 6. The molecule has 20 heavy (non-hydrogen) atoms. The van der Waals surface area contributed by atoms with E-state index >= 15 is 0 Å². The minimum atomic E-state index is -3.65. The summed E-state index contributed by atoms with van der Waals surface area (Å²) < 4.78 is 63.0. The number of hydrogen-bond donors (Lipinski definition) is 1. The van der Waals surface area contributed by atoms with Gasteiger partial charge in [-0.3, -0.25) is 4.72 Å². The first-order valence-corrected chi connectivity index (χ1v) is 7.71. The molecule has 0 amide bonds. The molecule has 0 bridgehead atoms. The van der Waals surface area contributed by atoms with Gasteiger partial charge in [0.2, 0.25) is 10.0 Å². The molecule has 1 aliphatic heterocycles. The summed E-state index contributed by atoms with van der Waals surface area (Å²) in [5, 5.41) is 0. The zero-order valence-electron chi connectivity index (χ0n) is 11.0. The Morgan fingerprint density at radius 1 is 1.40 bits per heavy atom. The van der Waals surface area contributed by atoms with Gasteiger partial charge in [-0.05, 0) is 18.6 Å². The lowest BCUT2D eigenvalue weighted by atomic mass is 10.1. The van der Waals surface area contributed by atoms with E-state index in [0.29, 0.717) is 6.42 Å². The zero-order chi connectivity index (χ0) is 14.9. The van der Waals surface area contributed by atoms with Gasteiger partial charge in [-0.15, -0.1) is 0 Å². The Kier molecular flexibility index (Phi) is 4.26. The third-order valence-electron chi connectivity index (χ3n) is 2.83. The van der Waals surface area contributed by atoms with Gasteiger partial charge in [0.1, 0.15) is 11.9 Å². The molecule has 5 nitrogen and oxygen atoms in total. The molecule has 112 valence electrons. The lowest BCUT2D eigenvalue weighted by Crippen LogP contribution is -2.17. The minimum Gasteiger partial charge on any atom is -0.353 e. The maximum atomic E-state index is 14.2. The van der Waals surface area contributed by atoms with E-state index in [9.17, 15) is 17.2 Å². The molecule has 8 heteroatoms. The summed E-state index contributed by atoms with van der Waals surface area (Å²) in [6.07, 6.45) is -1.17. The van der Waals surface area contributed by atoms with E-state index in [0.717, 1.165) is 12.1 Å². The van der Waals surface area contributed by atoms with Crippen molar-refractivity contribution in [2.45, 2.75) is 25.7 Å². The number of hydrogen-bond acceptors (Lipinski definition) is 4. The third kappa shape index (κ3) is 3.08. The average molecular weight is 307 g/mol. The largest absolute Gasteiger partial charge is 0.353 e. The number of benzene rings is 1. The van der Waals surface area contributed by atoms with Crippen LogP contribution in [0, 0.1) is 11.6 Å². The number of epoxide rings is 1. The summed E-state index contributed by atoms with van der Waals surface area (Å²) in [5.41, 5.74) is -0.617. The molecule has 2 atom stereocenters. The normalized spacial score (nSPS) is 21.8. The Hall–Kier alpha value is -1.25. The lowest BCUT2D eigenvalue weighted by Gasteiger charge is -2.10. The first kappa shape index (κ1) is 15.1. The van der Waals surface area contributed by atoms with Crippen molar-refractivity contribution in [3.63, 3.8) is 0 Å². The van der Waals surface area contributed by atoms with Crippen LogP contribution in [0.2, 0.25) is 0 Å². The van der Waals surface area contributed by atoms with E-state index in [-0.39, 0.29) is 17.0 Å². The fourth-order valence-corrected chi connectivity index (χ4v) is 3.01. The van der Waals surface area contributed by atoms with E-state index in [1.165, 1.54) is 7.11 Å². The Bertz CT molecular complexity index is 606. The number of sulfonamides is 1. The molecule has 0 aliphatic carbocycles. The Morgan fingerprint density at radius 2 is 2.10 bits per heavy atom. The van der Waals surface area contributed by atoms with Gasteiger partial charge in [0.05, 0.1) is 17.0 Å². The molecule has 1 saturated heterocycles. The Morgan fingerprint density at radius 3 is 2.65 bits per heavy atom. The predicted molar refractivity (Wildman–Crippen MR) is 68.7 cm³/mol. The standard InChI is InChI=1S/C12H15F2NO4S/c1-3-6-20(16,17)15-8-5-4-7(13)9(10(8)14)11-12(18-2)19-11/h4-5,11-12,15H,3,6H2,1-2H3. The van der Waals surface area contributed by atoms with Gasteiger partial charge < -0.3 is 9.47 Å². The molecule has 1 N–H and O–H groups in total. The molecule has 1 heterocycles. The predicted octanol–water partition coefficient (Wildman–Crippen LogP) is 2.16. The second-order valence-electron chi connectivity index (χ2n) is 4.40. The number of ether oxygens (including phenoxy) is 2. The topological polar surface area (TPSA) is 67.9 Å². The number of halogens is 2. The van der Waals surface area contributed by atoms with E-state index < -0.39 is 34.1 Å². The molecule has 1 aliphatic rings. The Balaban J connectivity index is 2.30. The van der Waals surface area contributed by atoms with Crippen LogP contribution >= 0.6 is 0 Å². The average Bonchev–Trinajstić information content (AvgIpc) is 3.12. The van der Waals surface area contributed by atoms with Gasteiger partial charge in [-0.1, -0.05) is 6.92 Å². The second-order valence-corrected chi connectivity index (χ2v) is 6.25. The molecule has 0 spiro atoms. The van der Waals surface area contributed by atoms with Crippen molar-refractivity contribution >= 4 is 15.7 Å². The van der Waals surface area contributed by atoms with E-state index in [2.05, 4.69) is 4.72 Å². The van der Waals surface area contributed by atoms with Crippen molar-refractivity contribution in [2.75, 3.05) is 17.6 Å². The SMILES string of the molecule is CCCS(=O)(=O)Nc1ccc(F)c(C2OC2OC)c1F. The highest BCUT2D eigenvalue weighted by Gasteiger charge is 2.44. The first-order valence-electron chi connectivity index (χ1n) is 6.06. The van der Waals surface area contributed by atoms with Gasteiger partial charge in [0.15, 0.2) is 12.1 Å². The van der Waals surface area contributed by atoms with Crippen molar-refractivity contribution in [1.82, 2.24) is 0 Å². The first-order chi connectivity index (χ1) is 9.39. The molecule has 1 fully saturated rings. The quantitative estimate of drug-likeness (QED) is 0.818. The maximum absolute atomic E-state index is 14.2. The van der Waals surface area contributed by atoms with Crippen molar-refractivity contribution in [1.29, 1.82) is 0 Å². The number of methoxy groups -OCH3 is 1. The summed E-state index contributed by atoms with van der Waals surface area (Å²) in [5.74, 6) is -1.92. The van der Waals surface area contributed by atoms with Crippen molar-refractivity contribution in [3.05, 3.63) is 29.3 Å². The van der Waals surface area contributed by atoms with Crippen LogP contribution in [0.25, 0.3) is 0 Å². The van der Waals surface area contributed by atoms with Gasteiger partial charge in [0.25, 0.3) is 0 Å². The van der Waals surface area contributed by atoms with Gasteiger partial charge in [0, 0.05) is 7.11 Å². The van der Waals surface area contributed by atoms with E-state index in [4.69, 9.17) is 9.47 Å². The van der Waals surface area contributed by atoms with Gasteiger partial charge in [-0.25, -0.2) is 17.2 Å². The fourth-order valence-electron chi connectivity index (χ4n) is 1.88. The summed E-state index contributed by atoms with van der Waals surface area (Å²) in [7, 11) is -2.29. The van der Waals surface area contributed by atoms with E-state index in [1.54, 1.807) is 6.92 Å². The summed E-state index contributed by atoms with van der Waals surface area (Å²) in [4.78, 5) is 0. The number of anilines is 1. The second kappa shape index (κ2) is 5.63. The summed E-state index contributed by atoms with van der Waals surface area (Å²) >= 11 is 0. The molecule has 1 aromatic carbocycles. The van der Waals surface area contributed by atoms with Crippen molar-refractivity contribution in [2.24, 2.45) is 0 Å². The van der Waals surface area contributed by atoms with Crippen LogP contribution in [0.4, 0.5) is 14.5 Å². The summed E-state index contributed by atoms with van der Waals surface area (Å²) in [6.45, 7) is 1.69. The molecule has 2 unspecified atom stereocenters. The molecule has 2 rings (SSSR count). The monoisotopic (exact) mass is 307 g/mol. The molecular formula is C12H15F2NO4S. The minimum absolute atomic E-state index is 0.139. The summed E-state index contributed by atoms with van der Waals surface area (Å²) in [6, 6.07) is 2.04. The van der Waals surface area contributed by atoms with Crippen LogP contribution in [0.1, 0.15) is 25.0 Å². The molecule has 0 aromatic heterocycles. The molecular weight excluding hydrogens is 292 g/mol. The van der Waals surface area contributed by atoms with Crippen molar-refractivity contribution in [3.8, 4) is 0 Å². The third-order valence-corrected chi connectivity index (χ3v) is 4.31. The molecule has 1 aromatic rings. The van der Waals surface area contributed by atoms with E-state index in [1.807, 2.05) is 0 Å². The fraction of sp³-hybridized carbons (Fsp3) is 0.500. The van der Waals surface area contributed by atoms with Crippen LogP contribution in [-0.4, -0.2) is 27.6 Å². The van der Waals surface area contributed by atoms with Crippen LogP contribution < -0.4 is 4.72 Å². The van der Waals surface area contributed by atoms with Crippen LogP contribution in [0.3, 0.4) is 0 Å². The van der Waals surface area contributed by atoms with Crippen LogP contribution in [0.15, 0.2) is 12.1 Å². The Labute approximate surface area is 115 Å². The highest BCUT2D eigenvalue weighted by Crippen LogP contribution is 2.42. The van der Waals surface area contributed by atoms with Crippen molar-refractivity contribution < 1.29 is 26.7 Å². The van der Waals surface area contributed by atoms with Crippen LogP contribution in [-0.2, 0) is 19.5 Å². The highest BCUT2D eigenvalue weighted by atomic mass is 32.2. The zero-order valence-corrected chi connectivity index (χ0v) is 11.8. The smallest absolute Gasteiger partial charge is 0.232 e. The lowest BCUT2D eigenvalue weighted by molar-refractivity contribution is 0.0950. The van der Waals surface area contributed by atoms with Gasteiger partial charge in [-0.2, -0.15) is 0 Å². The maximum Gasteiger partial charge on any atom is 0.232 e. The van der Waals surface area contributed by atoms with Gasteiger partial charge >= 0.3 is 0 Å². The van der Waals surface area contributed by atoms with Crippen LogP contribution in [0.5, 0.6) is 0 Å².